The predicted molar refractivity (Wildman–Crippen MR) is 163 cm³/mol. The highest BCUT2D eigenvalue weighted by Gasteiger charge is 2.14. The van der Waals surface area contributed by atoms with Crippen molar-refractivity contribution in [2.75, 3.05) is 4.90 Å². The Morgan fingerprint density at radius 3 is 1.21 bits per heavy atom. The second-order valence-corrected chi connectivity index (χ2v) is 9.26. The summed E-state index contributed by atoms with van der Waals surface area (Å²) in [7, 11) is 6.23. The number of nitrogens with zero attached hydrogens (tertiary/aromatic N) is 1. The predicted octanol–water partition coefficient (Wildman–Crippen LogP) is 8.95. The molecule has 2 radical (unpaired) electrons. The largest absolute Gasteiger partial charge is 0.311 e. The van der Waals surface area contributed by atoms with Gasteiger partial charge in [0.05, 0.1) is 0 Å². The summed E-state index contributed by atoms with van der Waals surface area (Å²) in [6.45, 7) is 0. The molecule has 0 heterocycles. The van der Waals surface area contributed by atoms with Crippen molar-refractivity contribution in [3.63, 3.8) is 0 Å². The van der Waals surface area contributed by atoms with Gasteiger partial charge in [-0.3, -0.25) is 0 Å². The Kier molecular flexibility index (Phi) is 6.61. The molecule has 0 bridgehead atoms. The molecule has 6 aromatic carbocycles. The second kappa shape index (κ2) is 10.7. The van der Waals surface area contributed by atoms with Gasteiger partial charge in [-0.1, -0.05) is 127 Å². The molecule has 0 unspecified atom stereocenters. The van der Waals surface area contributed by atoms with E-state index in [4.69, 9.17) is 7.85 Å². The number of hydrogen-bond donors (Lipinski definition) is 0. The number of benzene rings is 6. The molecule has 0 aromatic heterocycles. The third-order valence-corrected chi connectivity index (χ3v) is 6.86. The molecular weight excluding hydrogens is 457 g/mol. The summed E-state index contributed by atoms with van der Waals surface area (Å²) in [5.41, 5.74) is 11.1. The first-order valence-electron chi connectivity index (χ1n) is 12.8. The van der Waals surface area contributed by atoms with Gasteiger partial charge in [0.2, 0.25) is 0 Å². The highest BCUT2D eigenvalue weighted by atomic mass is 15.1. The van der Waals surface area contributed by atoms with Gasteiger partial charge in [-0.25, -0.2) is 0 Å². The molecule has 0 aliphatic carbocycles. The maximum absolute atomic E-state index is 6.23. The van der Waals surface area contributed by atoms with Crippen LogP contribution in [-0.2, 0) is 0 Å². The topological polar surface area (TPSA) is 3.24 Å². The Morgan fingerprint density at radius 2 is 0.684 bits per heavy atom. The van der Waals surface area contributed by atoms with Crippen molar-refractivity contribution in [3.8, 4) is 33.4 Å². The van der Waals surface area contributed by atoms with Crippen LogP contribution in [-0.4, -0.2) is 7.85 Å². The van der Waals surface area contributed by atoms with E-state index in [1.165, 1.54) is 22.3 Å². The van der Waals surface area contributed by atoms with E-state index in [9.17, 15) is 0 Å². The SMILES string of the molecule is [B]c1ccccc1-c1ccc(N(c2ccccc2)c2ccc(-c3ccccc3-c3ccccc3)cc2)cc1. The van der Waals surface area contributed by atoms with Gasteiger partial charge in [0.1, 0.15) is 7.85 Å². The molecule has 0 amide bonds. The maximum atomic E-state index is 6.23. The highest BCUT2D eigenvalue weighted by Crippen LogP contribution is 2.38. The molecule has 0 spiro atoms. The molecule has 38 heavy (non-hydrogen) atoms. The van der Waals surface area contributed by atoms with Crippen LogP contribution in [0, 0.1) is 0 Å². The number of para-hydroxylation sites is 1. The van der Waals surface area contributed by atoms with E-state index < -0.39 is 0 Å². The fourth-order valence-corrected chi connectivity index (χ4v) is 4.97. The lowest BCUT2D eigenvalue weighted by molar-refractivity contribution is 1.28. The van der Waals surface area contributed by atoms with Crippen LogP contribution in [0.2, 0.25) is 0 Å². The molecule has 0 fully saturated rings. The van der Waals surface area contributed by atoms with E-state index in [0.717, 1.165) is 33.7 Å². The molecule has 0 saturated heterocycles. The van der Waals surface area contributed by atoms with E-state index in [1.54, 1.807) is 0 Å². The van der Waals surface area contributed by atoms with Gasteiger partial charge in [-0.2, -0.15) is 0 Å². The molecule has 6 rings (SSSR count). The van der Waals surface area contributed by atoms with Crippen molar-refractivity contribution in [1.82, 2.24) is 0 Å². The lowest BCUT2D eigenvalue weighted by atomic mass is 9.87. The van der Waals surface area contributed by atoms with Gasteiger partial charge in [0.25, 0.3) is 0 Å². The molecule has 0 aliphatic heterocycles. The molecule has 6 aromatic rings. The van der Waals surface area contributed by atoms with Gasteiger partial charge in [0, 0.05) is 17.1 Å². The Bertz CT molecular complexity index is 1640. The van der Waals surface area contributed by atoms with Crippen molar-refractivity contribution in [2.24, 2.45) is 0 Å². The number of rotatable bonds is 6. The summed E-state index contributed by atoms with van der Waals surface area (Å²) in [4.78, 5) is 2.28. The molecule has 1 nitrogen and oxygen atoms in total. The fraction of sp³-hybridized carbons (Fsp3) is 0. The average Bonchev–Trinajstić information content (AvgIpc) is 2.99. The minimum absolute atomic E-state index is 0.784. The summed E-state index contributed by atoms with van der Waals surface area (Å²) in [6, 6.07) is 55.0. The van der Waals surface area contributed by atoms with Crippen molar-refractivity contribution >= 4 is 30.4 Å². The van der Waals surface area contributed by atoms with E-state index in [2.05, 4.69) is 138 Å². The average molecular weight is 483 g/mol. The van der Waals surface area contributed by atoms with Crippen LogP contribution in [0.5, 0.6) is 0 Å². The molecule has 0 aliphatic rings. The van der Waals surface area contributed by atoms with Crippen molar-refractivity contribution in [3.05, 3.63) is 158 Å². The lowest BCUT2D eigenvalue weighted by Gasteiger charge is -2.26. The van der Waals surface area contributed by atoms with E-state index in [1.807, 2.05) is 24.3 Å². The summed E-state index contributed by atoms with van der Waals surface area (Å²) in [6.07, 6.45) is 0. The summed E-state index contributed by atoms with van der Waals surface area (Å²) >= 11 is 0. The minimum Gasteiger partial charge on any atom is -0.311 e. The molecule has 0 atom stereocenters. The van der Waals surface area contributed by atoms with Gasteiger partial charge >= 0.3 is 0 Å². The third kappa shape index (κ3) is 4.77. The molecule has 0 saturated carbocycles. The first-order valence-corrected chi connectivity index (χ1v) is 12.8. The second-order valence-electron chi connectivity index (χ2n) is 9.26. The first kappa shape index (κ1) is 23.6. The van der Waals surface area contributed by atoms with Gasteiger partial charge < -0.3 is 4.90 Å². The van der Waals surface area contributed by atoms with Crippen LogP contribution in [0.25, 0.3) is 33.4 Å². The van der Waals surface area contributed by atoms with Crippen LogP contribution >= 0.6 is 0 Å². The van der Waals surface area contributed by atoms with Crippen molar-refractivity contribution < 1.29 is 0 Å². The van der Waals surface area contributed by atoms with Crippen molar-refractivity contribution in [2.45, 2.75) is 0 Å². The number of hydrogen-bond acceptors (Lipinski definition) is 1. The van der Waals surface area contributed by atoms with Gasteiger partial charge in [0.15, 0.2) is 0 Å². The summed E-state index contributed by atoms with van der Waals surface area (Å²) in [5, 5.41) is 0. The Morgan fingerprint density at radius 1 is 0.316 bits per heavy atom. The van der Waals surface area contributed by atoms with E-state index >= 15 is 0 Å². The van der Waals surface area contributed by atoms with E-state index in [-0.39, 0.29) is 0 Å². The van der Waals surface area contributed by atoms with E-state index in [0.29, 0.717) is 0 Å². The quantitative estimate of drug-likeness (QED) is 0.214. The van der Waals surface area contributed by atoms with Gasteiger partial charge in [-0.05, 0) is 69.8 Å². The Hall–Kier alpha value is -4.82. The fourth-order valence-electron chi connectivity index (χ4n) is 4.97. The zero-order valence-electron chi connectivity index (χ0n) is 21.0. The molecule has 0 N–H and O–H groups in total. The molecule has 178 valence electrons. The number of anilines is 3. The highest BCUT2D eigenvalue weighted by molar-refractivity contribution is 6.35. The standard InChI is InChI=1S/C36H26BN/c37-36-18-10-9-17-35(36)29-21-25-32(26-22-29)38(30-13-5-2-6-14-30)31-23-19-28(20-24-31)34-16-8-7-15-33(34)27-11-3-1-4-12-27/h1-26H. The molecular formula is C36H26BN. The monoisotopic (exact) mass is 483 g/mol. The summed E-state index contributed by atoms with van der Waals surface area (Å²) in [5.74, 6) is 0. The lowest BCUT2D eigenvalue weighted by Crippen LogP contribution is -2.10. The Balaban J connectivity index is 1.38. The smallest absolute Gasteiger partial charge is 0.114 e. The normalized spacial score (nSPS) is 10.7. The van der Waals surface area contributed by atoms with Crippen LogP contribution in [0.3, 0.4) is 0 Å². The zero-order chi connectivity index (χ0) is 25.7. The zero-order valence-corrected chi connectivity index (χ0v) is 21.0. The van der Waals surface area contributed by atoms with Crippen LogP contribution < -0.4 is 10.4 Å². The van der Waals surface area contributed by atoms with Crippen molar-refractivity contribution in [1.29, 1.82) is 0 Å². The van der Waals surface area contributed by atoms with Crippen LogP contribution in [0.4, 0.5) is 17.1 Å². The van der Waals surface area contributed by atoms with Gasteiger partial charge in [-0.15, -0.1) is 0 Å². The maximum Gasteiger partial charge on any atom is 0.114 e. The summed E-state index contributed by atoms with van der Waals surface area (Å²) < 4.78 is 0. The van der Waals surface area contributed by atoms with Crippen LogP contribution in [0.15, 0.2) is 158 Å². The third-order valence-electron chi connectivity index (χ3n) is 6.86. The van der Waals surface area contributed by atoms with Crippen LogP contribution in [0.1, 0.15) is 0 Å². The Labute approximate surface area is 226 Å². The molecule has 2 heteroatoms. The minimum atomic E-state index is 0.784. The first-order chi connectivity index (χ1) is 18.8.